The van der Waals surface area contributed by atoms with Crippen molar-refractivity contribution in [2.45, 2.75) is 38.3 Å². The Bertz CT molecular complexity index is 1090. The lowest BCUT2D eigenvalue weighted by Crippen LogP contribution is -2.58. The Balaban J connectivity index is 1.58. The minimum Gasteiger partial charge on any atom is -0.361 e. The minimum absolute atomic E-state index is 0.171. The van der Waals surface area contributed by atoms with Gasteiger partial charge in [0.2, 0.25) is 23.6 Å². The molecule has 3 heterocycles. The van der Waals surface area contributed by atoms with E-state index in [9.17, 15) is 19.2 Å². The predicted octanol–water partition coefficient (Wildman–Crippen LogP) is 0.396. The fourth-order valence-electron chi connectivity index (χ4n) is 4.59. The van der Waals surface area contributed by atoms with Crippen molar-refractivity contribution < 1.29 is 19.2 Å². The number of piperidine rings is 1. The van der Waals surface area contributed by atoms with E-state index in [1.165, 1.54) is 7.05 Å². The molecule has 9 nitrogen and oxygen atoms in total. The molecule has 0 aliphatic carbocycles. The Labute approximate surface area is 186 Å². The molecule has 0 saturated carbocycles. The molecule has 1 aromatic carbocycles. The molecule has 32 heavy (non-hydrogen) atoms. The van der Waals surface area contributed by atoms with Gasteiger partial charge in [0.1, 0.15) is 6.04 Å². The molecule has 170 valence electrons. The first-order valence-electron chi connectivity index (χ1n) is 10.8. The minimum atomic E-state index is -1.15. The molecule has 0 spiro atoms. The molecule has 0 radical (unpaired) electrons. The molecule has 0 bridgehead atoms. The average molecular weight is 440 g/mol. The number of hydrogen-bond donors (Lipinski definition) is 3. The Hall–Kier alpha value is -3.20. The highest BCUT2D eigenvalue weighted by Crippen LogP contribution is 2.33. The number of rotatable bonds is 5. The van der Waals surface area contributed by atoms with Gasteiger partial charge in [-0.2, -0.15) is 0 Å². The summed E-state index contributed by atoms with van der Waals surface area (Å²) >= 11 is 0. The SMILES string of the molecule is CN1C(=O)C2CCN(C(=O)[C@@H](Cc3c[nH]c4ccccc34)NC(=O)C(C)(C)N)CC2C1=O. The van der Waals surface area contributed by atoms with Gasteiger partial charge in [0.25, 0.3) is 0 Å². The van der Waals surface area contributed by atoms with Crippen molar-refractivity contribution in [2.75, 3.05) is 20.1 Å². The highest BCUT2D eigenvalue weighted by Gasteiger charge is 2.49. The van der Waals surface area contributed by atoms with Crippen molar-refractivity contribution in [3.8, 4) is 0 Å². The van der Waals surface area contributed by atoms with E-state index in [2.05, 4.69) is 10.3 Å². The molecule has 1 aromatic heterocycles. The molecular weight excluding hydrogens is 410 g/mol. The van der Waals surface area contributed by atoms with Gasteiger partial charge in [0, 0.05) is 43.7 Å². The normalized spacial score (nSPS) is 22.2. The van der Waals surface area contributed by atoms with Crippen LogP contribution in [0.1, 0.15) is 25.8 Å². The van der Waals surface area contributed by atoms with Crippen LogP contribution in [0.3, 0.4) is 0 Å². The third kappa shape index (κ3) is 3.88. The van der Waals surface area contributed by atoms with E-state index < -0.39 is 23.4 Å². The number of nitrogens with zero attached hydrogens (tertiary/aromatic N) is 2. The number of aromatic amines is 1. The van der Waals surface area contributed by atoms with Crippen LogP contribution in [-0.2, 0) is 25.6 Å². The van der Waals surface area contributed by atoms with Crippen LogP contribution in [0.25, 0.3) is 10.9 Å². The largest absolute Gasteiger partial charge is 0.361 e. The summed E-state index contributed by atoms with van der Waals surface area (Å²) in [6, 6.07) is 6.90. The lowest BCUT2D eigenvalue weighted by atomic mass is 9.87. The van der Waals surface area contributed by atoms with Crippen LogP contribution in [0.5, 0.6) is 0 Å². The van der Waals surface area contributed by atoms with Gasteiger partial charge in [-0.1, -0.05) is 18.2 Å². The van der Waals surface area contributed by atoms with Crippen LogP contribution in [0.2, 0.25) is 0 Å². The van der Waals surface area contributed by atoms with Crippen molar-refractivity contribution >= 4 is 34.5 Å². The molecule has 2 unspecified atom stereocenters. The van der Waals surface area contributed by atoms with E-state index in [0.29, 0.717) is 13.0 Å². The van der Waals surface area contributed by atoms with Crippen molar-refractivity contribution in [1.29, 1.82) is 0 Å². The van der Waals surface area contributed by atoms with E-state index in [0.717, 1.165) is 21.4 Å². The number of imide groups is 1. The van der Waals surface area contributed by atoms with E-state index in [-0.39, 0.29) is 36.6 Å². The lowest BCUT2D eigenvalue weighted by molar-refractivity contribution is -0.141. The first-order valence-corrected chi connectivity index (χ1v) is 10.8. The Morgan fingerprint density at radius 1 is 1.22 bits per heavy atom. The predicted molar refractivity (Wildman–Crippen MR) is 118 cm³/mol. The quantitative estimate of drug-likeness (QED) is 0.581. The summed E-state index contributed by atoms with van der Waals surface area (Å²) in [7, 11) is 1.48. The number of benzene rings is 1. The van der Waals surface area contributed by atoms with Gasteiger partial charge in [-0.25, -0.2) is 0 Å². The van der Waals surface area contributed by atoms with Gasteiger partial charge < -0.3 is 20.9 Å². The molecule has 2 fully saturated rings. The lowest BCUT2D eigenvalue weighted by Gasteiger charge is -2.35. The molecule has 2 saturated heterocycles. The number of para-hydroxylation sites is 1. The molecule has 2 aromatic rings. The van der Waals surface area contributed by atoms with E-state index >= 15 is 0 Å². The van der Waals surface area contributed by atoms with Crippen molar-refractivity contribution in [3.63, 3.8) is 0 Å². The van der Waals surface area contributed by atoms with Crippen molar-refractivity contribution in [2.24, 2.45) is 17.6 Å². The first-order chi connectivity index (χ1) is 15.1. The maximum absolute atomic E-state index is 13.5. The van der Waals surface area contributed by atoms with Gasteiger partial charge >= 0.3 is 0 Å². The summed E-state index contributed by atoms with van der Waals surface area (Å²) in [4.78, 5) is 56.9. The molecule has 4 rings (SSSR count). The maximum atomic E-state index is 13.5. The van der Waals surface area contributed by atoms with Crippen LogP contribution in [0.4, 0.5) is 0 Å². The van der Waals surface area contributed by atoms with Crippen LogP contribution in [0, 0.1) is 11.8 Å². The van der Waals surface area contributed by atoms with Crippen molar-refractivity contribution in [1.82, 2.24) is 20.1 Å². The molecular formula is C23H29N5O4. The third-order valence-electron chi connectivity index (χ3n) is 6.51. The molecule has 9 heteroatoms. The van der Waals surface area contributed by atoms with E-state index in [4.69, 9.17) is 5.73 Å². The van der Waals surface area contributed by atoms with Gasteiger partial charge in [-0.05, 0) is 31.9 Å². The van der Waals surface area contributed by atoms with Gasteiger partial charge in [0.15, 0.2) is 0 Å². The van der Waals surface area contributed by atoms with Crippen molar-refractivity contribution in [3.05, 3.63) is 36.0 Å². The fourth-order valence-corrected chi connectivity index (χ4v) is 4.59. The topological polar surface area (TPSA) is 129 Å². The standard InChI is InChI=1S/C23H29N5O4/c1-23(2,24)22(32)26-18(10-13-11-25-17-7-5-4-6-14(13)17)21(31)28-9-8-15-16(12-28)20(30)27(3)19(15)29/h4-7,11,15-16,18,25H,8-10,12,24H2,1-3H3,(H,26,32)/t15?,16?,18-/m1/s1. The van der Waals surface area contributed by atoms with Crippen LogP contribution in [-0.4, -0.2) is 70.1 Å². The Morgan fingerprint density at radius 3 is 2.62 bits per heavy atom. The van der Waals surface area contributed by atoms with Crippen LogP contribution < -0.4 is 11.1 Å². The Kier molecular flexibility index (Phi) is 5.54. The summed E-state index contributed by atoms with van der Waals surface area (Å²) in [5.41, 5.74) is 6.65. The Morgan fingerprint density at radius 2 is 1.91 bits per heavy atom. The molecule has 2 aliphatic heterocycles. The van der Waals surface area contributed by atoms with Gasteiger partial charge in [-0.15, -0.1) is 0 Å². The molecule has 2 aliphatic rings. The summed E-state index contributed by atoms with van der Waals surface area (Å²) in [5.74, 6) is -2.04. The van der Waals surface area contributed by atoms with Crippen LogP contribution in [0.15, 0.2) is 30.5 Å². The number of nitrogens with one attached hydrogen (secondary N) is 2. The summed E-state index contributed by atoms with van der Waals surface area (Å²) in [6.45, 7) is 3.70. The van der Waals surface area contributed by atoms with Gasteiger partial charge in [0.05, 0.1) is 17.4 Å². The second-order valence-electron chi connectivity index (χ2n) is 9.33. The monoisotopic (exact) mass is 439 g/mol. The number of likely N-dealkylation sites (tertiary alicyclic amines) is 2. The summed E-state index contributed by atoms with van der Waals surface area (Å²) < 4.78 is 0. The van der Waals surface area contributed by atoms with Gasteiger partial charge in [-0.3, -0.25) is 24.1 Å². The number of aromatic nitrogens is 1. The zero-order valence-electron chi connectivity index (χ0n) is 18.6. The number of carbonyl (C=O) groups is 4. The number of amides is 4. The average Bonchev–Trinajstić information content (AvgIpc) is 3.26. The highest BCUT2D eigenvalue weighted by molar-refractivity contribution is 6.05. The zero-order chi connectivity index (χ0) is 23.2. The summed E-state index contributed by atoms with van der Waals surface area (Å²) in [6.07, 6.45) is 2.55. The van der Waals surface area contributed by atoms with E-state index in [1.807, 2.05) is 30.5 Å². The number of hydrogen-bond acceptors (Lipinski definition) is 5. The second kappa shape index (κ2) is 8.05. The summed E-state index contributed by atoms with van der Waals surface area (Å²) in [5, 5.41) is 3.79. The highest BCUT2D eigenvalue weighted by atomic mass is 16.2. The number of H-pyrrole nitrogens is 1. The van der Waals surface area contributed by atoms with E-state index in [1.54, 1.807) is 18.7 Å². The molecule has 4 amide bonds. The molecule has 4 N–H and O–H groups in total. The third-order valence-corrected chi connectivity index (χ3v) is 6.51. The fraction of sp³-hybridized carbons (Fsp3) is 0.478. The smallest absolute Gasteiger partial charge is 0.245 e. The second-order valence-corrected chi connectivity index (χ2v) is 9.33. The number of nitrogens with two attached hydrogens (primary N) is 1. The van der Waals surface area contributed by atoms with Crippen LogP contribution >= 0.6 is 0 Å². The zero-order valence-corrected chi connectivity index (χ0v) is 18.6. The maximum Gasteiger partial charge on any atom is 0.245 e. The molecule has 3 atom stereocenters. The number of carbonyl (C=O) groups excluding carboxylic acids is 4. The number of fused-ring (bicyclic) bond motifs is 2. The first kappa shape index (κ1) is 22.0.